The van der Waals surface area contributed by atoms with Crippen molar-refractivity contribution < 1.29 is 14.3 Å². The minimum atomic E-state index is -0.738. The lowest BCUT2D eigenvalue weighted by Gasteiger charge is -2.11. The fourth-order valence-electron chi connectivity index (χ4n) is 1.94. The normalized spacial score (nSPS) is 10.5. The quantitative estimate of drug-likeness (QED) is 0.362. The van der Waals surface area contributed by atoms with Crippen LogP contribution >= 0.6 is 0 Å². The van der Waals surface area contributed by atoms with Crippen LogP contribution in [0.3, 0.4) is 0 Å². The van der Waals surface area contributed by atoms with Gasteiger partial charge in [-0.3, -0.25) is 14.6 Å². The summed E-state index contributed by atoms with van der Waals surface area (Å²) in [6.45, 7) is 2.02. The number of nitrogens with zero attached hydrogens (tertiary/aromatic N) is 2. The standard InChI is InChI=1S/C15H18N6O5/c1-3-26-12-9(5-4-6-10(12)25-2)7-17-19-11(22)8-16-13-14(23)18-15(24)21-20-13/h4-7H,3,8H2,1-2H3,(H,16,20)(H,19,22)(H2,18,21,23,24)/b17-7+. The first-order valence-corrected chi connectivity index (χ1v) is 7.59. The van der Waals surface area contributed by atoms with Gasteiger partial charge in [0.2, 0.25) is 5.82 Å². The highest BCUT2D eigenvalue weighted by atomic mass is 16.5. The Hall–Kier alpha value is -3.63. The molecule has 11 nitrogen and oxygen atoms in total. The second-order valence-electron chi connectivity index (χ2n) is 4.81. The second-order valence-corrected chi connectivity index (χ2v) is 4.81. The molecule has 2 aromatic rings. The number of hydrogen-bond donors (Lipinski definition) is 4. The number of H-pyrrole nitrogens is 2. The largest absolute Gasteiger partial charge is 0.493 e. The molecule has 0 fully saturated rings. The number of aromatic amines is 2. The van der Waals surface area contributed by atoms with Crippen molar-refractivity contribution in [1.82, 2.24) is 20.6 Å². The molecular weight excluding hydrogens is 344 g/mol. The predicted molar refractivity (Wildman–Crippen MR) is 93.9 cm³/mol. The maximum atomic E-state index is 11.8. The van der Waals surface area contributed by atoms with Gasteiger partial charge in [-0.05, 0) is 19.1 Å². The zero-order chi connectivity index (χ0) is 18.9. The molecule has 1 aromatic heterocycles. The number of hydrazone groups is 1. The Morgan fingerprint density at radius 2 is 2.19 bits per heavy atom. The predicted octanol–water partition coefficient (Wildman–Crippen LogP) is -0.572. The Kier molecular flexibility index (Phi) is 6.48. The summed E-state index contributed by atoms with van der Waals surface area (Å²) >= 11 is 0. The van der Waals surface area contributed by atoms with Crippen LogP contribution in [0, 0.1) is 0 Å². The summed E-state index contributed by atoms with van der Waals surface area (Å²) in [6, 6.07) is 5.27. The highest BCUT2D eigenvalue weighted by Gasteiger charge is 2.09. The number of carbonyl (C=O) groups is 1. The van der Waals surface area contributed by atoms with Gasteiger partial charge in [-0.25, -0.2) is 15.3 Å². The minimum absolute atomic E-state index is 0.185. The Balaban J connectivity index is 1.96. The number of ether oxygens (including phenoxy) is 2. The Bertz CT molecular complexity index is 904. The number of benzene rings is 1. The molecule has 0 unspecified atom stereocenters. The second kappa shape index (κ2) is 9.01. The van der Waals surface area contributed by atoms with E-state index in [2.05, 4.69) is 20.9 Å². The highest BCUT2D eigenvalue weighted by Crippen LogP contribution is 2.29. The maximum absolute atomic E-state index is 11.8. The van der Waals surface area contributed by atoms with Crippen molar-refractivity contribution in [3.63, 3.8) is 0 Å². The molecule has 2 rings (SSSR count). The van der Waals surface area contributed by atoms with Crippen LogP contribution in [0.2, 0.25) is 0 Å². The molecule has 0 saturated carbocycles. The highest BCUT2D eigenvalue weighted by molar-refractivity contribution is 5.87. The van der Waals surface area contributed by atoms with Gasteiger partial charge in [0.05, 0.1) is 26.5 Å². The van der Waals surface area contributed by atoms with Crippen molar-refractivity contribution >= 4 is 17.9 Å². The van der Waals surface area contributed by atoms with Gasteiger partial charge in [0.1, 0.15) is 0 Å². The van der Waals surface area contributed by atoms with Gasteiger partial charge in [-0.2, -0.15) is 5.10 Å². The number of rotatable bonds is 8. The van der Waals surface area contributed by atoms with E-state index in [1.54, 1.807) is 18.2 Å². The topological polar surface area (TPSA) is 151 Å². The van der Waals surface area contributed by atoms with Gasteiger partial charge in [-0.1, -0.05) is 6.07 Å². The minimum Gasteiger partial charge on any atom is -0.493 e. The smallest absolute Gasteiger partial charge is 0.342 e. The van der Waals surface area contributed by atoms with Crippen LogP contribution in [0.25, 0.3) is 0 Å². The molecular formula is C15H18N6O5. The fraction of sp³-hybridized carbons (Fsp3) is 0.267. The molecule has 0 radical (unpaired) electrons. The number of methoxy groups -OCH3 is 1. The maximum Gasteiger partial charge on any atom is 0.342 e. The molecule has 11 heteroatoms. The number of amides is 1. The van der Waals surface area contributed by atoms with E-state index in [-0.39, 0.29) is 12.4 Å². The number of nitrogens with one attached hydrogen (secondary N) is 4. The molecule has 0 spiro atoms. The van der Waals surface area contributed by atoms with E-state index in [9.17, 15) is 14.4 Å². The summed E-state index contributed by atoms with van der Waals surface area (Å²) in [5.74, 6) is 0.356. The summed E-state index contributed by atoms with van der Waals surface area (Å²) in [5, 5.41) is 11.9. The van der Waals surface area contributed by atoms with E-state index in [1.165, 1.54) is 13.3 Å². The molecule has 0 aliphatic rings. The van der Waals surface area contributed by atoms with Crippen molar-refractivity contribution in [2.75, 3.05) is 25.6 Å². The third-order valence-corrected chi connectivity index (χ3v) is 3.04. The lowest BCUT2D eigenvalue weighted by molar-refractivity contribution is -0.119. The lowest BCUT2D eigenvalue weighted by Crippen LogP contribution is -2.31. The average molecular weight is 362 g/mol. The molecule has 0 saturated heterocycles. The Morgan fingerprint density at radius 1 is 1.38 bits per heavy atom. The van der Waals surface area contributed by atoms with Gasteiger partial charge in [0.25, 0.3) is 11.5 Å². The van der Waals surface area contributed by atoms with Crippen molar-refractivity contribution in [3.8, 4) is 11.5 Å². The molecule has 1 heterocycles. The monoisotopic (exact) mass is 362 g/mol. The van der Waals surface area contributed by atoms with Crippen LogP contribution in [0.15, 0.2) is 32.9 Å². The van der Waals surface area contributed by atoms with E-state index < -0.39 is 17.2 Å². The fourth-order valence-corrected chi connectivity index (χ4v) is 1.94. The van der Waals surface area contributed by atoms with Crippen LogP contribution in [0.4, 0.5) is 5.82 Å². The van der Waals surface area contributed by atoms with Crippen LogP contribution < -0.4 is 31.5 Å². The number of para-hydroxylation sites is 1. The van der Waals surface area contributed by atoms with Crippen molar-refractivity contribution in [2.24, 2.45) is 5.10 Å². The molecule has 0 atom stereocenters. The van der Waals surface area contributed by atoms with Gasteiger partial charge >= 0.3 is 5.69 Å². The Morgan fingerprint density at radius 3 is 2.88 bits per heavy atom. The molecule has 0 bridgehead atoms. The molecule has 26 heavy (non-hydrogen) atoms. The first-order chi connectivity index (χ1) is 12.5. The van der Waals surface area contributed by atoms with E-state index in [0.29, 0.717) is 23.7 Å². The molecule has 1 aromatic carbocycles. The van der Waals surface area contributed by atoms with Crippen LogP contribution in [-0.2, 0) is 4.79 Å². The molecule has 4 N–H and O–H groups in total. The summed E-state index contributed by atoms with van der Waals surface area (Å²) < 4.78 is 10.8. The number of anilines is 1. The van der Waals surface area contributed by atoms with Crippen LogP contribution in [0.5, 0.6) is 11.5 Å². The van der Waals surface area contributed by atoms with Crippen molar-refractivity contribution in [2.45, 2.75) is 6.92 Å². The van der Waals surface area contributed by atoms with Gasteiger partial charge < -0.3 is 14.8 Å². The molecule has 138 valence electrons. The third-order valence-electron chi connectivity index (χ3n) is 3.04. The summed E-state index contributed by atoms with van der Waals surface area (Å²) in [7, 11) is 1.53. The van der Waals surface area contributed by atoms with Crippen molar-refractivity contribution in [1.29, 1.82) is 0 Å². The number of carbonyl (C=O) groups excluding carboxylic acids is 1. The SMILES string of the molecule is CCOc1c(/C=N/NC(=O)CNc2n[nH]c(=O)[nH]c2=O)cccc1OC. The Labute approximate surface area is 147 Å². The average Bonchev–Trinajstić information content (AvgIpc) is 2.62. The van der Waals surface area contributed by atoms with Crippen molar-refractivity contribution in [3.05, 3.63) is 44.6 Å². The first-order valence-electron chi connectivity index (χ1n) is 7.59. The third kappa shape index (κ3) is 4.93. The van der Waals surface area contributed by atoms with Gasteiger partial charge in [-0.15, -0.1) is 5.10 Å². The molecule has 0 aliphatic carbocycles. The van der Waals surface area contributed by atoms with Gasteiger partial charge in [0.15, 0.2) is 11.5 Å². The summed E-state index contributed by atoms with van der Waals surface area (Å²) in [6.07, 6.45) is 1.41. The zero-order valence-corrected chi connectivity index (χ0v) is 14.2. The van der Waals surface area contributed by atoms with E-state index >= 15 is 0 Å². The summed E-state index contributed by atoms with van der Waals surface area (Å²) in [5.41, 5.74) is 1.45. The van der Waals surface area contributed by atoms with Crippen LogP contribution in [0.1, 0.15) is 12.5 Å². The molecule has 1 amide bonds. The lowest BCUT2D eigenvalue weighted by atomic mass is 10.2. The number of hydrogen-bond acceptors (Lipinski definition) is 8. The van der Waals surface area contributed by atoms with E-state index in [4.69, 9.17) is 9.47 Å². The first kappa shape index (κ1) is 18.7. The summed E-state index contributed by atoms with van der Waals surface area (Å²) in [4.78, 5) is 36.0. The zero-order valence-electron chi connectivity index (χ0n) is 14.2. The van der Waals surface area contributed by atoms with Crippen LogP contribution in [-0.4, -0.2) is 47.6 Å². The van der Waals surface area contributed by atoms with E-state index in [0.717, 1.165) is 0 Å². The molecule has 0 aliphatic heterocycles. The number of aromatic nitrogens is 3. The van der Waals surface area contributed by atoms with Gasteiger partial charge in [0, 0.05) is 5.56 Å². The van der Waals surface area contributed by atoms with E-state index in [1.807, 2.05) is 17.0 Å².